The molecule has 0 amide bonds. The Hall–Kier alpha value is -1.29. The van der Waals surface area contributed by atoms with E-state index in [1.54, 1.807) is 13.3 Å². The third-order valence-electron chi connectivity index (χ3n) is 2.21. The number of anilines is 1. The lowest BCUT2D eigenvalue weighted by Crippen LogP contribution is -2.17. The summed E-state index contributed by atoms with van der Waals surface area (Å²) in [6.45, 7) is 2.84. The summed E-state index contributed by atoms with van der Waals surface area (Å²) in [5.41, 5.74) is 5.46. The maximum atomic E-state index is 5.46. The van der Waals surface area contributed by atoms with Gasteiger partial charge in [-0.3, -0.25) is 0 Å². The molecule has 84 valence electrons. The number of rotatable bonds is 6. The summed E-state index contributed by atoms with van der Waals surface area (Å²) < 4.78 is 5.20. The number of nitrogens with zero attached hydrogens (tertiary/aromatic N) is 1. The Bertz CT molecular complexity index is 291. The van der Waals surface area contributed by atoms with Gasteiger partial charge < -0.3 is 15.8 Å². The van der Waals surface area contributed by atoms with Crippen molar-refractivity contribution in [2.24, 2.45) is 5.73 Å². The molecule has 3 N–H and O–H groups in total. The summed E-state index contributed by atoms with van der Waals surface area (Å²) in [4.78, 5) is 4.23. The number of nitrogens with one attached hydrogen (secondary N) is 1. The van der Waals surface area contributed by atoms with Gasteiger partial charge >= 0.3 is 0 Å². The Morgan fingerprint density at radius 3 is 3.07 bits per heavy atom. The molecule has 1 aromatic rings. The van der Waals surface area contributed by atoms with E-state index >= 15 is 0 Å². The van der Waals surface area contributed by atoms with Gasteiger partial charge in [0.2, 0.25) is 0 Å². The second-order valence-corrected chi connectivity index (χ2v) is 3.53. The molecule has 0 aliphatic rings. The highest BCUT2D eigenvalue weighted by atomic mass is 16.5. The zero-order chi connectivity index (χ0) is 11.1. The summed E-state index contributed by atoms with van der Waals surface area (Å²) in [7, 11) is 1.65. The standard InChI is InChI=1S/C11H19N3O/c1-9(5-3-7-12)14-11-10(15-2)6-4-8-13-11/h4,6,8-9H,3,5,7,12H2,1-2H3,(H,13,14). The van der Waals surface area contributed by atoms with Gasteiger partial charge in [0.25, 0.3) is 0 Å². The highest BCUT2D eigenvalue weighted by Crippen LogP contribution is 2.21. The summed E-state index contributed by atoms with van der Waals surface area (Å²) in [6, 6.07) is 4.11. The van der Waals surface area contributed by atoms with Gasteiger partial charge in [0.1, 0.15) is 0 Å². The van der Waals surface area contributed by atoms with E-state index in [9.17, 15) is 0 Å². The average molecular weight is 209 g/mol. The molecule has 4 nitrogen and oxygen atoms in total. The fourth-order valence-corrected chi connectivity index (χ4v) is 1.39. The average Bonchev–Trinajstić information content (AvgIpc) is 2.27. The number of ether oxygens (including phenoxy) is 1. The normalized spacial score (nSPS) is 12.2. The Labute approximate surface area is 90.8 Å². The molecule has 1 unspecified atom stereocenters. The summed E-state index contributed by atoms with van der Waals surface area (Å²) in [6.07, 6.45) is 3.81. The Balaban J connectivity index is 2.55. The summed E-state index contributed by atoms with van der Waals surface area (Å²) in [5, 5.41) is 3.30. The van der Waals surface area contributed by atoms with E-state index < -0.39 is 0 Å². The van der Waals surface area contributed by atoms with E-state index in [0.29, 0.717) is 6.04 Å². The largest absolute Gasteiger partial charge is 0.493 e. The molecule has 1 rings (SSSR count). The fourth-order valence-electron chi connectivity index (χ4n) is 1.39. The highest BCUT2D eigenvalue weighted by Gasteiger charge is 2.06. The van der Waals surface area contributed by atoms with Crippen LogP contribution in [-0.2, 0) is 0 Å². The zero-order valence-corrected chi connectivity index (χ0v) is 9.36. The molecule has 1 aromatic heterocycles. The van der Waals surface area contributed by atoms with E-state index in [4.69, 9.17) is 10.5 Å². The molecule has 0 saturated heterocycles. The highest BCUT2D eigenvalue weighted by molar-refractivity contribution is 5.49. The number of nitrogens with two attached hydrogens (primary N) is 1. The van der Waals surface area contributed by atoms with Gasteiger partial charge in [-0.25, -0.2) is 4.98 Å². The zero-order valence-electron chi connectivity index (χ0n) is 9.36. The van der Waals surface area contributed by atoms with E-state index in [2.05, 4.69) is 17.2 Å². The molecule has 0 saturated carbocycles. The van der Waals surface area contributed by atoms with Crippen LogP contribution >= 0.6 is 0 Å². The number of pyridine rings is 1. The van der Waals surface area contributed by atoms with Crippen LogP contribution < -0.4 is 15.8 Å². The van der Waals surface area contributed by atoms with Gasteiger partial charge in [0.15, 0.2) is 11.6 Å². The van der Waals surface area contributed by atoms with Crippen molar-refractivity contribution in [1.82, 2.24) is 4.98 Å². The topological polar surface area (TPSA) is 60.2 Å². The number of aromatic nitrogens is 1. The molecule has 0 radical (unpaired) electrons. The smallest absolute Gasteiger partial charge is 0.168 e. The third kappa shape index (κ3) is 3.75. The number of methoxy groups -OCH3 is 1. The molecule has 0 spiro atoms. The van der Waals surface area contributed by atoms with Crippen LogP contribution in [0, 0.1) is 0 Å². The van der Waals surface area contributed by atoms with Crippen LogP contribution in [0.3, 0.4) is 0 Å². The Morgan fingerprint density at radius 1 is 1.60 bits per heavy atom. The number of hydrogen-bond donors (Lipinski definition) is 2. The SMILES string of the molecule is COc1cccnc1NC(C)CCCN. The summed E-state index contributed by atoms with van der Waals surface area (Å²) in [5.74, 6) is 1.57. The first-order valence-corrected chi connectivity index (χ1v) is 5.23. The van der Waals surface area contributed by atoms with Crippen LogP contribution in [0.4, 0.5) is 5.82 Å². The summed E-state index contributed by atoms with van der Waals surface area (Å²) >= 11 is 0. The van der Waals surface area contributed by atoms with Crippen molar-refractivity contribution in [3.63, 3.8) is 0 Å². The second-order valence-electron chi connectivity index (χ2n) is 3.53. The Morgan fingerprint density at radius 2 is 2.40 bits per heavy atom. The maximum absolute atomic E-state index is 5.46. The van der Waals surface area contributed by atoms with Gasteiger partial charge in [-0.05, 0) is 38.4 Å². The minimum absolute atomic E-state index is 0.359. The monoisotopic (exact) mass is 209 g/mol. The van der Waals surface area contributed by atoms with Crippen LogP contribution in [0.15, 0.2) is 18.3 Å². The molecule has 15 heavy (non-hydrogen) atoms. The lowest BCUT2D eigenvalue weighted by molar-refractivity contribution is 0.414. The van der Waals surface area contributed by atoms with Gasteiger partial charge in [-0.15, -0.1) is 0 Å². The van der Waals surface area contributed by atoms with Gasteiger partial charge in [0.05, 0.1) is 7.11 Å². The molecule has 0 bridgehead atoms. The minimum atomic E-state index is 0.359. The van der Waals surface area contributed by atoms with Crippen molar-refractivity contribution in [1.29, 1.82) is 0 Å². The molecule has 0 aromatic carbocycles. The van der Waals surface area contributed by atoms with Crippen molar-refractivity contribution in [2.75, 3.05) is 19.0 Å². The quantitative estimate of drug-likeness (QED) is 0.747. The molecule has 0 aliphatic carbocycles. The lowest BCUT2D eigenvalue weighted by Gasteiger charge is -2.15. The van der Waals surface area contributed by atoms with Crippen LogP contribution in [0.2, 0.25) is 0 Å². The fraction of sp³-hybridized carbons (Fsp3) is 0.545. The lowest BCUT2D eigenvalue weighted by atomic mass is 10.2. The van der Waals surface area contributed by atoms with Gasteiger partial charge in [-0.1, -0.05) is 0 Å². The van der Waals surface area contributed by atoms with Crippen LogP contribution in [0.25, 0.3) is 0 Å². The first-order valence-electron chi connectivity index (χ1n) is 5.23. The van der Waals surface area contributed by atoms with Crippen molar-refractivity contribution in [2.45, 2.75) is 25.8 Å². The molecular weight excluding hydrogens is 190 g/mol. The van der Waals surface area contributed by atoms with Crippen molar-refractivity contribution in [3.8, 4) is 5.75 Å². The Kier molecular flexibility index (Phi) is 4.90. The van der Waals surface area contributed by atoms with Crippen LogP contribution in [0.5, 0.6) is 5.75 Å². The van der Waals surface area contributed by atoms with Crippen molar-refractivity contribution in [3.05, 3.63) is 18.3 Å². The molecule has 1 atom stereocenters. The van der Waals surface area contributed by atoms with Crippen molar-refractivity contribution >= 4 is 5.82 Å². The molecular formula is C11H19N3O. The maximum Gasteiger partial charge on any atom is 0.168 e. The molecule has 1 heterocycles. The molecule has 4 heteroatoms. The van der Waals surface area contributed by atoms with E-state index in [-0.39, 0.29) is 0 Å². The molecule has 0 aliphatic heterocycles. The van der Waals surface area contributed by atoms with E-state index in [1.165, 1.54) is 0 Å². The molecule has 0 fully saturated rings. The number of hydrogen-bond acceptors (Lipinski definition) is 4. The van der Waals surface area contributed by atoms with E-state index in [0.717, 1.165) is 31.0 Å². The van der Waals surface area contributed by atoms with Crippen LogP contribution in [0.1, 0.15) is 19.8 Å². The first-order chi connectivity index (χ1) is 7.27. The van der Waals surface area contributed by atoms with Gasteiger partial charge in [-0.2, -0.15) is 0 Å². The second kappa shape index (κ2) is 6.24. The predicted octanol–water partition coefficient (Wildman–Crippen LogP) is 1.63. The van der Waals surface area contributed by atoms with Crippen molar-refractivity contribution < 1.29 is 4.74 Å². The van der Waals surface area contributed by atoms with Crippen LogP contribution in [-0.4, -0.2) is 24.7 Å². The minimum Gasteiger partial charge on any atom is -0.493 e. The third-order valence-corrected chi connectivity index (χ3v) is 2.21. The predicted molar refractivity (Wildman–Crippen MR) is 62.2 cm³/mol. The first kappa shape index (κ1) is 11.8. The van der Waals surface area contributed by atoms with Gasteiger partial charge in [0, 0.05) is 12.2 Å². The van der Waals surface area contributed by atoms with E-state index in [1.807, 2.05) is 12.1 Å².